The molecule has 0 radical (unpaired) electrons. The predicted octanol–water partition coefficient (Wildman–Crippen LogP) is 0.836. The van der Waals surface area contributed by atoms with E-state index in [-0.39, 0.29) is 30.2 Å². The number of rotatable bonds is 11. The van der Waals surface area contributed by atoms with Gasteiger partial charge in [-0.3, -0.25) is 14.3 Å². The Morgan fingerprint density at radius 1 is 1.27 bits per heavy atom. The number of aryl methyl sites for hydroxylation is 1. The molecule has 4 N–H and O–H groups in total. The van der Waals surface area contributed by atoms with Crippen LogP contribution in [0.1, 0.15) is 39.0 Å². The molecule has 30 heavy (non-hydrogen) atoms. The number of anilines is 1. The molecule has 0 bridgehead atoms. The number of aromatic nitrogens is 4. The molecule has 3 heterocycles. The third-order valence-electron chi connectivity index (χ3n) is 5.13. The van der Waals surface area contributed by atoms with E-state index in [0.717, 1.165) is 38.8 Å². The van der Waals surface area contributed by atoms with Crippen LogP contribution in [0.4, 0.5) is 5.82 Å². The van der Waals surface area contributed by atoms with Crippen molar-refractivity contribution in [1.82, 2.24) is 24.4 Å². The first-order valence-corrected chi connectivity index (χ1v) is 10.4. The first-order valence-electron chi connectivity index (χ1n) is 10.4. The molecule has 11 nitrogen and oxygen atoms in total. The van der Waals surface area contributed by atoms with Crippen molar-refractivity contribution in [2.45, 2.75) is 51.7 Å². The Kier molecular flexibility index (Phi) is 7.63. The van der Waals surface area contributed by atoms with E-state index in [1.54, 1.807) is 0 Å². The number of piperidine rings is 1. The van der Waals surface area contributed by atoms with Crippen molar-refractivity contribution in [2.24, 2.45) is 0 Å². The topological polar surface area (TPSA) is 149 Å². The van der Waals surface area contributed by atoms with Crippen LogP contribution in [0.2, 0.25) is 0 Å². The number of aromatic amines is 1. The van der Waals surface area contributed by atoms with Crippen LogP contribution in [0.5, 0.6) is 6.01 Å². The van der Waals surface area contributed by atoms with Crippen LogP contribution in [0.25, 0.3) is 11.2 Å². The molecular formula is C19H30N6O5. The maximum atomic E-state index is 12.3. The van der Waals surface area contributed by atoms with Crippen LogP contribution in [-0.4, -0.2) is 74.4 Å². The first kappa shape index (κ1) is 22.0. The van der Waals surface area contributed by atoms with Crippen molar-refractivity contribution in [3.63, 3.8) is 0 Å². The quantitative estimate of drug-likeness (QED) is 0.448. The fourth-order valence-electron chi connectivity index (χ4n) is 3.51. The Morgan fingerprint density at radius 3 is 2.73 bits per heavy atom. The van der Waals surface area contributed by atoms with Gasteiger partial charge in [-0.1, -0.05) is 13.3 Å². The van der Waals surface area contributed by atoms with Gasteiger partial charge in [-0.2, -0.15) is 9.97 Å². The van der Waals surface area contributed by atoms with Gasteiger partial charge < -0.3 is 25.3 Å². The highest BCUT2D eigenvalue weighted by molar-refractivity contribution is 5.81. The van der Waals surface area contributed by atoms with Gasteiger partial charge in [-0.25, -0.2) is 4.79 Å². The summed E-state index contributed by atoms with van der Waals surface area (Å²) in [6.45, 7) is 5.00. The van der Waals surface area contributed by atoms with E-state index in [0.29, 0.717) is 37.3 Å². The molecule has 3 rings (SSSR count). The molecule has 0 saturated carbocycles. The predicted molar refractivity (Wildman–Crippen MR) is 111 cm³/mol. The number of H-pyrrole nitrogens is 1. The molecule has 0 aliphatic carbocycles. The van der Waals surface area contributed by atoms with Gasteiger partial charge in [0.05, 0.1) is 19.3 Å². The Bertz CT molecular complexity index is 903. The highest BCUT2D eigenvalue weighted by Gasteiger charge is 2.21. The minimum Gasteiger partial charge on any atom is -0.480 e. The second kappa shape index (κ2) is 10.4. The molecule has 2 aromatic rings. The van der Waals surface area contributed by atoms with Crippen molar-refractivity contribution < 1.29 is 19.4 Å². The number of likely N-dealkylation sites (tertiary alicyclic amines) is 1. The Balaban J connectivity index is 1.52. The lowest BCUT2D eigenvalue weighted by Gasteiger charge is -2.30. The average Bonchev–Trinajstić information content (AvgIpc) is 3.02. The number of nitrogens with two attached hydrogens (primary N) is 1. The summed E-state index contributed by atoms with van der Waals surface area (Å²) in [5.41, 5.74) is 6.51. The minimum absolute atomic E-state index is 0.0747. The smallest absolute Gasteiger partial charge is 0.327 e. The number of aliphatic carboxylic acids is 1. The van der Waals surface area contributed by atoms with Gasteiger partial charge in [-0.15, -0.1) is 0 Å². The Morgan fingerprint density at radius 2 is 2.03 bits per heavy atom. The number of hydrogen-bond donors (Lipinski definition) is 3. The number of nitrogen functional groups attached to an aromatic ring is 1. The molecule has 11 heteroatoms. The van der Waals surface area contributed by atoms with Gasteiger partial charge in [-0.05, 0) is 25.7 Å². The molecule has 0 amide bonds. The van der Waals surface area contributed by atoms with Crippen molar-refractivity contribution in [3.05, 3.63) is 10.5 Å². The third-order valence-corrected chi connectivity index (χ3v) is 5.13. The van der Waals surface area contributed by atoms with E-state index >= 15 is 0 Å². The normalized spacial score (nSPS) is 15.6. The van der Waals surface area contributed by atoms with Crippen molar-refractivity contribution in [1.29, 1.82) is 0 Å². The lowest BCUT2D eigenvalue weighted by Crippen LogP contribution is -2.39. The fourth-order valence-corrected chi connectivity index (χ4v) is 3.51. The number of ether oxygens (including phenoxy) is 2. The van der Waals surface area contributed by atoms with E-state index in [4.69, 9.17) is 20.3 Å². The Hall–Kier alpha value is -2.66. The SMILES string of the molecule is CCCCOc1nc(N)c2[nH]c(=O)n(CCCOC3CCN(CC(=O)O)CC3)c2n1. The third kappa shape index (κ3) is 5.70. The highest BCUT2D eigenvalue weighted by atomic mass is 16.5. The number of nitrogens with zero attached hydrogens (tertiary/aromatic N) is 4. The monoisotopic (exact) mass is 422 g/mol. The number of hydrogen-bond acceptors (Lipinski definition) is 8. The second-order valence-electron chi connectivity index (χ2n) is 7.47. The lowest BCUT2D eigenvalue weighted by molar-refractivity contribution is -0.139. The van der Waals surface area contributed by atoms with Crippen LogP contribution in [-0.2, 0) is 16.1 Å². The zero-order chi connectivity index (χ0) is 21.5. The van der Waals surface area contributed by atoms with E-state index < -0.39 is 5.97 Å². The number of imidazole rings is 1. The highest BCUT2D eigenvalue weighted by Crippen LogP contribution is 2.18. The zero-order valence-electron chi connectivity index (χ0n) is 17.3. The average molecular weight is 422 g/mol. The molecular weight excluding hydrogens is 392 g/mol. The number of fused-ring (bicyclic) bond motifs is 1. The largest absolute Gasteiger partial charge is 0.480 e. The summed E-state index contributed by atoms with van der Waals surface area (Å²) < 4.78 is 13.0. The summed E-state index contributed by atoms with van der Waals surface area (Å²) >= 11 is 0. The van der Waals surface area contributed by atoms with Crippen LogP contribution < -0.4 is 16.2 Å². The van der Waals surface area contributed by atoms with E-state index in [9.17, 15) is 9.59 Å². The summed E-state index contributed by atoms with van der Waals surface area (Å²) in [4.78, 5) is 36.2. The molecule has 1 saturated heterocycles. The molecule has 0 unspecified atom stereocenters. The van der Waals surface area contributed by atoms with Gasteiger partial charge in [0.1, 0.15) is 5.52 Å². The summed E-state index contributed by atoms with van der Waals surface area (Å²) in [7, 11) is 0. The maximum absolute atomic E-state index is 12.3. The van der Waals surface area contributed by atoms with Crippen LogP contribution in [0.15, 0.2) is 4.79 Å². The molecule has 0 spiro atoms. The van der Waals surface area contributed by atoms with Gasteiger partial charge in [0.2, 0.25) is 0 Å². The van der Waals surface area contributed by atoms with E-state index in [1.807, 2.05) is 4.90 Å². The number of carbonyl (C=O) groups is 1. The number of carboxylic acid groups (broad SMARTS) is 1. The summed E-state index contributed by atoms with van der Waals surface area (Å²) in [6, 6.07) is 0.172. The number of carboxylic acids is 1. The molecule has 1 aliphatic heterocycles. The molecule has 2 aromatic heterocycles. The van der Waals surface area contributed by atoms with Gasteiger partial charge >= 0.3 is 17.7 Å². The van der Waals surface area contributed by atoms with Crippen molar-refractivity contribution in [3.8, 4) is 6.01 Å². The lowest BCUT2D eigenvalue weighted by atomic mass is 10.1. The fraction of sp³-hybridized carbons (Fsp3) is 0.684. The number of nitrogens with one attached hydrogen (secondary N) is 1. The molecule has 1 fully saturated rings. The van der Waals surface area contributed by atoms with Crippen molar-refractivity contribution >= 4 is 23.0 Å². The standard InChI is InChI=1S/C19H30N6O5/c1-2-3-10-30-18-22-16(20)15-17(23-18)25(19(28)21-15)7-4-11-29-13-5-8-24(9-6-13)12-14(26)27/h13H,2-12H2,1H3,(H,21,28)(H,26,27)(H2,20,22,23). The van der Waals surface area contributed by atoms with E-state index in [1.165, 1.54) is 4.57 Å². The molecule has 1 aliphatic rings. The molecule has 0 aromatic carbocycles. The van der Waals surface area contributed by atoms with Gasteiger partial charge in [0, 0.05) is 26.2 Å². The molecule has 0 atom stereocenters. The van der Waals surface area contributed by atoms with Crippen molar-refractivity contribution in [2.75, 3.05) is 38.6 Å². The first-order chi connectivity index (χ1) is 14.5. The molecule has 166 valence electrons. The van der Waals surface area contributed by atoms with Crippen LogP contribution in [0, 0.1) is 0 Å². The van der Waals surface area contributed by atoms with Crippen LogP contribution >= 0.6 is 0 Å². The summed E-state index contributed by atoms with van der Waals surface area (Å²) in [6.07, 6.45) is 4.24. The van der Waals surface area contributed by atoms with E-state index in [2.05, 4.69) is 21.9 Å². The summed E-state index contributed by atoms with van der Waals surface area (Å²) in [5.74, 6) is -0.617. The second-order valence-corrected chi connectivity index (χ2v) is 7.47. The maximum Gasteiger partial charge on any atom is 0.327 e. The van der Waals surface area contributed by atoms with Crippen LogP contribution in [0.3, 0.4) is 0 Å². The Labute approximate surface area is 174 Å². The van der Waals surface area contributed by atoms with Gasteiger partial charge in [0.25, 0.3) is 0 Å². The zero-order valence-corrected chi connectivity index (χ0v) is 17.3. The minimum atomic E-state index is -0.804. The van der Waals surface area contributed by atoms with Gasteiger partial charge in [0.15, 0.2) is 11.5 Å². The number of unbranched alkanes of at least 4 members (excludes halogenated alkanes) is 1. The summed E-state index contributed by atoms with van der Waals surface area (Å²) in [5, 5.41) is 8.85.